The van der Waals surface area contributed by atoms with Gasteiger partial charge in [0.2, 0.25) is 0 Å². The Bertz CT molecular complexity index is 312. The van der Waals surface area contributed by atoms with Crippen molar-refractivity contribution in [1.29, 1.82) is 0 Å². The number of hydrogen-bond donors (Lipinski definition) is 2. The van der Waals surface area contributed by atoms with E-state index in [0.29, 0.717) is 5.92 Å². The number of fused-ring (bicyclic) bond motifs is 1. The lowest BCUT2D eigenvalue weighted by Crippen LogP contribution is -2.08. The summed E-state index contributed by atoms with van der Waals surface area (Å²) in [4.78, 5) is 0. The molecule has 1 unspecified atom stereocenters. The van der Waals surface area contributed by atoms with Crippen LogP contribution >= 0.6 is 15.9 Å². The highest BCUT2D eigenvalue weighted by atomic mass is 79.9. The normalized spacial score (nSPS) is 19.7. The molecule has 1 atom stereocenters. The van der Waals surface area contributed by atoms with Crippen molar-refractivity contribution in [2.24, 2.45) is 5.73 Å². The minimum absolute atomic E-state index is 0.605. The van der Waals surface area contributed by atoms with Gasteiger partial charge in [0.1, 0.15) is 0 Å². The van der Waals surface area contributed by atoms with Gasteiger partial charge in [0, 0.05) is 22.6 Å². The Morgan fingerprint density at radius 2 is 2.38 bits per heavy atom. The van der Waals surface area contributed by atoms with E-state index in [4.69, 9.17) is 5.73 Å². The van der Waals surface area contributed by atoms with E-state index in [9.17, 15) is 0 Å². The molecule has 1 aromatic rings. The molecular weight excluding hydrogens is 228 g/mol. The molecule has 3 N–H and O–H groups in total. The van der Waals surface area contributed by atoms with Crippen molar-refractivity contribution in [3.8, 4) is 0 Å². The fourth-order valence-electron chi connectivity index (χ4n) is 1.84. The van der Waals surface area contributed by atoms with Crippen LogP contribution < -0.4 is 11.1 Å². The smallest absolute Gasteiger partial charge is 0.0387 e. The van der Waals surface area contributed by atoms with E-state index in [1.807, 2.05) is 0 Å². The minimum Gasteiger partial charge on any atom is -0.384 e. The van der Waals surface area contributed by atoms with E-state index in [2.05, 4.69) is 39.4 Å². The Morgan fingerprint density at radius 3 is 3.15 bits per heavy atom. The molecular formula is C10H13BrN2. The van der Waals surface area contributed by atoms with E-state index in [1.165, 1.54) is 11.3 Å². The Morgan fingerprint density at radius 1 is 1.54 bits per heavy atom. The van der Waals surface area contributed by atoms with Crippen molar-refractivity contribution in [2.45, 2.75) is 12.3 Å². The molecule has 13 heavy (non-hydrogen) atoms. The van der Waals surface area contributed by atoms with Crippen LogP contribution in [0.2, 0.25) is 0 Å². The van der Waals surface area contributed by atoms with Gasteiger partial charge in [-0.3, -0.25) is 0 Å². The molecule has 0 amide bonds. The summed E-state index contributed by atoms with van der Waals surface area (Å²) in [5, 5.41) is 3.39. The first-order valence-electron chi connectivity index (χ1n) is 4.54. The van der Waals surface area contributed by atoms with Gasteiger partial charge in [-0.25, -0.2) is 0 Å². The van der Waals surface area contributed by atoms with Gasteiger partial charge in [0.05, 0.1) is 0 Å². The molecule has 0 saturated carbocycles. The molecule has 1 heterocycles. The van der Waals surface area contributed by atoms with Gasteiger partial charge in [-0.2, -0.15) is 0 Å². The third kappa shape index (κ3) is 1.71. The molecule has 0 aromatic heterocycles. The summed E-state index contributed by atoms with van der Waals surface area (Å²) < 4.78 is 1.13. The monoisotopic (exact) mass is 240 g/mol. The van der Waals surface area contributed by atoms with Gasteiger partial charge in [0.15, 0.2) is 0 Å². The topological polar surface area (TPSA) is 38.0 Å². The zero-order chi connectivity index (χ0) is 9.26. The number of halogens is 1. The molecule has 70 valence electrons. The molecule has 0 fully saturated rings. The minimum atomic E-state index is 0.605. The van der Waals surface area contributed by atoms with Gasteiger partial charge >= 0.3 is 0 Å². The Kier molecular flexibility index (Phi) is 2.56. The zero-order valence-electron chi connectivity index (χ0n) is 7.39. The maximum atomic E-state index is 5.56. The molecule has 2 nitrogen and oxygen atoms in total. The number of rotatable bonds is 2. The van der Waals surface area contributed by atoms with Crippen molar-refractivity contribution in [3.63, 3.8) is 0 Å². The first-order valence-corrected chi connectivity index (χ1v) is 5.34. The molecule has 1 aliphatic heterocycles. The summed E-state index contributed by atoms with van der Waals surface area (Å²) in [5.41, 5.74) is 8.23. The fourth-order valence-corrected chi connectivity index (χ4v) is 2.20. The van der Waals surface area contributed by atoms with Crippen LogP contribution in [0.3, 0.4) is 0 Å². The van der Waals surface area contributed by atoms with Gasteiger partial charge in [0.25, 0.3) is 0 Å². The van der Waals surface area contributed by atoms with Gasteiger partial charge in [-0.05, 0) is 30.7 Å². The number of anilines is 1. The fraction of sp³-hybridized carbons (Fsp3) is 0.400. The van der Waals surface area contributed by atoms with Crippen LogP contribution in [0, 0.1) is 0 Å². The van der Waals surface area contributed by atoms with Crippen molar-refractivity contribution in [1.82, 2.24) is 0 Å². The molecule has 1 aliphatic rings. The molecule has 2 rings (SSSR count). The number of hydrogen-bond acceptors (Lipinski definition) is 2. The van der Waals surface area contributed by atoms with Gasteiger partial charge in [-0.1, -0.05) is 22.0 Å². The van der Waals surface area contributed by atoms with E-state index in [1.54, 1.807) is 0 Å². The second-order valence-corrected chi connectivity index (χ2v) is 4.30. The lowest BCUT2D eigenvalue weighted by atomic mass is 9.98. The summed E-state index contributed by atoms with van der Waals surface area (Å²) in [5.74, 6) is 0.605. The standard InChI is InChI=1S/C10H13BrN2/c11-8-1-2-9-7(3-4-12)6-13-10(9)5-8/h1-2,5,7,13H,3-4,6,12H2. The average molecular weight is 241 g/mol. The summed E-state index contributed by atoms with van der Waals surface area (Å²) >= 11 is 3.46. The van der Waals surface area contributed by atoms with Crippen LogP contribution in [0.5, 0.6) is 0 Å². The van der Waals surface area contributed by atoms with Crippen molar-refractivity contribution in [3.05, 3.63) is 28.2 Å². The van der Waals surface area contributed by atoms with Crippen LogP contribution in [0.25, 0.3) is 0 Å². The molecule has 0 spiro atoms. The van der Waals surface area contributed by atoms with Gasteiger partial charge in [-0.15, -0.1) is 0 Å². The van der Waals surface area contributed by atoms with Crippen molar-refractivity contribution >= 4 is 21.6 Å². The molecule has 0 radical (unpaired) electrons. The lowest BCUT2D eigenvalue weighted by molar-refractivity contribution is 0.686. The quantitative estimate of drug-likeness (QED) is 0.833. The molecule has 3 heteroatoms. The largest absolute Gasteiger partial charge is 0.384 e. The highest BCUT2D eigenvalue weighted by Gasteiger charge is 2.20. The first-order chi connectivity index (χ1) is 6.31. The maximum absolute atomic E-state index is 5.56. The van der Waals surface area contributed by atoms with E-state index < -0.39 is 0 Å². The van der Waals surface area contributed by atoms with Crippen molar-refractivity contribution in [2.75, 3.05) is 18.4 Å². The van der Waals surface area contributed by atoms with E-state index >= 15 is 0 Å². The molecule has 0 aliphatic carbocycles. The SMILES string of the molecule is NCCC1CNc2cc(Br)ccc21. The highest BCUT2D eigenvalue weighted by Crippen LogP contribution is 2.34. The highest BCUT2D eigenvalue weighted by molar-refractivity contribution is 9.10. The second-order valence-electron chi connectivity index (χ2n) is 3.39. The summed E-state index contributed by atoms with van der Waals surface area (Å²) in [6.07, 6.45) is 1.07. The predicted molar refractivity (Wildman–Crippen MR) is 59.0 cm³/mol. The summed E-state index contributed by atoms with van der Waals surface area (Å²) in [6.45, 7) is 1.80. The third-order valence-electron chi connectivity index (χ3n) is 2.51. The first kappa shape index (κ1) is 9.03. The number of nitrogens with two attached hydrogens (primary N) is 1. The lowest BCUT2D eigenvalue weighted by Gasteiger charge is -2.07. The average Bonchev–Trinajstić information content (AvgIpc) is 2.49. The zero-order valence-corrected chi connectivity index (χ0v) is 8.97. The van der Waals surface area contributed by atoms with E-state index in [-0.39, 0.29) is 0 Å². The Balaban J connectivity index is 2.27. The van der Waals surface area contributed by atoms with Crippen LogP contribution in [0.1, 0.15) is 17.9 Å². The molecule has 1 aromatic carbocycles. The van der Waals surface area contributed by atoms with Crippen LogP contribution in [-0.4, -0.2) is 13.1 Å². The molecule has 0 bridgehead atoms. The Hall–Kier alpha value is -0.540. The maximum Gasteiger partial charge on any atom is 0.0387 e. The second kappa shape index (κ2) is 3.68. The third-order valence-corrected chi connectivity index (χ3v) is 3.00. The van der Waals surface area contributed by atoms with Crippen molar-refractivity contribution < 1.29 is 0 Å². The molecule has 0 saturated heterocycles. The number of nitrogens with one attached hydrogen (secondary N) is 1. The Labute approximate surface area is 86.6 Å². The number of benzene rings is 1. The van der Waals surface area contributed by atoms with Gasteiger partial charge < -0.3 is 11.1 Å². The van der Waals surface area contributed by atoms with E-state index in [0.717, 1.165) is 24.0 Å². The predicted octanol–water partition coefficient (Wildman–Crippen LogP) is 2.31. The summed E-state index contributed by atoms with van der Waals surface area (Å²) in [7, 11) is 0. The summed E-state index contributed by atoms with van der Waals surface area (Å²) in [6, 6.07) is 6.40. The van der Waals surface area contributed by atoms with Crippen LogP contribution in [0.15, 0.2) is 22.7 Å². The van der Waals surface area contributed by atoms with Crippen LogP contribution in [-0.2, 0) is 0 Å². The van der Waals surface area contributed by atoms with Crippen LogP contribution in [0.4, 0.5) is 5.69 Å².